The van der Waals surface area contributed by atoms with E-state index in [9.17, 15) is 18.0 Å². The Hall–Kier alpha value is -3.88. The van der Waals surface area contributed by atoms with Crippen molar-refractivity contribution in [3.8, 4) is 23.0 Å². The molecule has 0 radical (unpaired) electrons. The molecule has 0 aromatic heterocycles. The smallest absolute Gasteiger partial charge is 0.416 e. The molecule has 6 nitrogen and oxygen atoms in total. The number of fused-ring (bicyclic) bond motifs is 1. The Kier molecular flexibility index (Phi) is 7.28. The summed E-state index contributed by atoms with van der Waals surface area (Å²) in [6, 6.07) is 14.5. The summed E-state index contributed by atoms with van der Waals surface area (Å²) in [5.74, 6) is 1.77. The molecule has 0 spiro atoms. The molecule has 1 heterocycles. The summed E-state index contributed by atoms with van der Waals surface area (Å²) in [6.07, 6.45) is -4.05. The first-order valence-corrected chi connectivity index (χ1v) is 11.2. The lowest BCUT2D eigenvalue weighted by Crippen LogP contribution is -2.42. The average Bonchev–Trinajstić information content (AvgIpc) is 2.90. The Labute approximate surface area is 207 Å². The van der Waals surface area contributed by atoms with Crippen LogP contribution in [-0.4, -0.2) is 45.3 Å². The van der Waals surface area contributed by atoms with Gasteiger partial charge in [-0.1, -0.05) is 6.07 Å². The molecule has 0 bridgehead atoms. The van der Waals surface area contributed by atoms with Gasteiger partial charge in [0.2, 0.25) is 0 Å². The molecule has 1 aliphatic heterocycles. The lowest BCUT2D eigenvalue weighted by atomic mass is 9.91. The molecule has 4 rings (SSSR count). The van der Waals surface area contributed by atoms with Crippen LogP contribution >= 0.6 is 0 Å². The second-order valence-corrected chi connectivity index (χ2v) is 8.24. The summed E-state index contributed by atoms with van der Waals surface area (Å²) in [4.78, 5) is 15.1. The standard InChI is InChI=1S/C27H26F3NO5/c1-33-20-7-9-21(10-8-20)36-16-23-22-15-25(35-3)24(34-2)14-17(22)11-12-31(23)26(32)18-5-4-6-19(13-18)27(28,29)30/h4-10,13-15,23H,11-12,16H2,1-3H3/t23-/m0/s1. The van der Waals surface area contributed by atoms with Gasteiger partial charge in [0.15, 0.2) is 11.5 Å². The maximum Gasteiger partial charge on any atom is 0.416 e. The predicted octanol–water partition coefficient (Wildman–Crippen LogP) is 5.55. The van der Waals surface area contributed by atoms with Crippen LogP contribution in [0.4, 0.5) is 13.2 Å². The third-order valence-electron chi connectivity index (χ3n) is 6.17. The van der Waals surface area contributed by atoms with Crippen LogP contribution in [0.2, 0.25) is 0 Å². The Balaban J connectivity index is 1.70. The van der Waals surface area contributed by atoms with Gasteiger partial charge in [-0.2, -0.15) is 13.2 Å². The number of carbonyl (C=O) groups excluding carboxylic acids is 1. The van der Waals surface area contributed by atoms with Crippen LogP contribution in [-0.2, 0) is 12.6 Å². The van der Waals surface area contributed by atoms with Gasteiger partial charge in [0, 0.05) is 12.1 Å². The monoisotopic (exact) mass is 501 g/mol. The van der Waals surface area contributed by atoms with E-state index in [1.54, 1.807) is 49.5 Å². The highest BCUT2D eigenvalue weighted by molar-refractivity contribution is 5.95. The number of halogens is 3. The Morgan fingerprint density at radius 2 is 1.58 bits per heavy atom. The van der Waals surface area contributed by atoms with Crippen LogP contribution in [0.1, 0.15) is 33.1 Å². The minimum Gasteiger partial charge on any atom is -0.497 e. The fourth-order valence-corrected chi connectivity index (χ4v) is 4.29. The second-order valence-electron chi connectivity index (χ2n) is 8.24. The zero-order valence-electron chi connectivity index (χ0n) is 20.1. The van der Waals surface area contributed by atoms with Gasteiger partial charge in [-0.25, -0.2) is 0 Å². The van der Waals surface area contributed by atoms with Crippen LogP contribution in [0.5, 0.6) is 23.0 Å². The zero-order chi connectivity index (χ0) is 25.9. The van der Waals surface area contributed by atoms with Gasteiger partial charge in [0.05, 0.1) is 32.9 Å². The molecule has 1 atom stereocenters. The van der Waals surface area contributed by atoms with Gasteiger partial charge in [-0.15, -0.1) is 0 Å². The van der Waals surface area contributed by atoms with Crippen molar-refractivity contribution < 1.29 is 36.9 Å². The lowest BCUT2D eigenvalue weighted by Gasteiger charge is -2.37. The molecule has 36 heavy (non-hydrogen) atoms. The number of alkyl halides is 3. The number of amides is 1. The summed E-state index contributed by atoms with van der Waals surface area (Å²) in [5, 5.41) is 0. The third-order valence-corrected chi connectivity index (χ3v) is 6.17. The number of ether oxygens (including phenoxy) is 4. The fourth-order valence-electron chi connectivity index (χ4n) is 4.29. The van der Waals surface area contributed by atoms with Crippen LogP contribution in [0.15, 0.2) is 60.7 Å². The number of hydrogen-bond donors (Lipinski definition) is 0. The van der Waals surface area contributed by atoms with Gasteiger partial charge in [0.25, 0.3) is 5.91 Å². The molecule has 0 saturated heterocycles. The van der Waals surface area contributed by atoms with Crippen molar-refractivity contribution in [2.45, 2.75) is 18.6 Å². The van der Waals surface area contributed by atoms with E-state index in [-0.39, 0.29) is 12.2 Å². The first kappa shape index (κ1) is 25.2. The molecular formula is C27H26F3NO5. The van der Waals surface area contributed by atoms with E-state index in [2.05, 4.69) is 0 Å². The normalized spacial score (nSPS) is 15.2. The van der Waals surface area contributed by atoms with Gasteiger partial charge in [-0.3, -0.25) is 4.79 Å². The van der Waals surface area contributed by atoms with E-state index in [0.29, 0.717) is 36.0 Å². The molecule has 3 aromatic rings. The molecule has 0 saturated carbocycles. The van der Waals surface area contributed by atoms with Crippen molar-refractivity contribution in [3.05, 3.63) is 82.9 Å². The SMILES string of the molecule is COc1ccc(OC[C@H]2c3cc(OC)c(OC)cc3CCN2C(=O)c2cccc(C(F)(F)F)c2)cc1. The first-order chi connectivity index (χ1) is 17.2. The van der Waals surface area contributed by atoms with E-state index in [1.165, 1.54) is 19.2 Å². The van der Waals surface area contributed by atoms with Gasteiger partial charge in [0.1, 0.15) is 18.1 Å². The van der Waals surface area contributed by atoms with Crippen molar-refractivity contribution >= 4 is 5.91 Å². The largest absolute Gasteiger partial charge is 0.497 e. The summed E-state index contributed by atoms with van der Waals surface area (Å²) >= 11 is 0. The highest BCUT2D eigenvalue weighted by Gasteiger charge is 2.35. The number of carbonyl (C=O) groups is 1. The fraction of sp³-hybridized carbons (Fsp3) is 0.296. The molecule has 0 N–H and O–H groups in total. The molecule has 190 valence electrons. The van der Waals surface area contributed by atoms with E-state index in [0.717, 1.165) is 23.3 Å². The van der Waals surface area contributed by atoms with E-state index >= 15 is 0 Å². The van der Waals surface area contributed by atoms with Crippen LogP contribution in [0.25, 0.3) is 0 Å². The van der Waals surface area contributed by atoms with Gasteiger partial charge < -0.3 is 23.8 Å². The lowest BCUT2D eigenvalue weighted by molar-refractivity contribution is -0.137. The maximum absolute atomic E-state index is 13.5. The van der Waals surface area contributed by atoms with Crippen molar-refractivity contribution in [1.29, 1.82) is 0 Å². The molecule has 3 aromatic carbocycles. The molecule has 1 aliphatic rings. The Morgan fingerprint density at radius 3 is 2.22 bits per heavy atom. The Bertz CT molecular complexity index is 1230. The average molecular weight is 502 g/mol. The molecular weight excluding hydrogens is 475 g/mol. The highest BCUT2D eigenvalue weighted by Crippen LogP contribution is 2.39. The summed E-state index contributed by atoms with van der Waals surface area (Å²) in [6.45, 7) is 0.383. The van der Waals surface area contributed by atoms with Crippen molar-refractivity contribution in [2.24, 2.45) is 0 Å². The van der Waals surface area contributed by atoms with Gasteiger partial charge >= 0.3 is 6.18 Å². The quantitative estimate of drug-likeness (QED) is 0.425. The van der Waals surface area contributed by atoms with E-state index in [4.69, 9.17) is 18.9 Å². The number of hydrogen-bond acceptors (Lipinski definition) is 5. The van der Waals surface area contributed by atoms with Crippen LogP contribution in [0, 0.1) is 0 Å². The Morgan fingerprint density at radius 1 is 0.917 bits per heavy atom. The molecule has 0 aliphatic carbocycles. The first-order valence-electron chi connectivity index (χ1n) is 11.2. The van der Waals surface area contributed by atoms with Crippen molar-refractivity contribution in [3.63, 3.8) is 0 Å². The maximum atomic E-state index is 13.5. The van der Waals surface area contributed by atoms with Crippen molar-refractivity contribution in [2.75, 3.05) is 34.5 Å². The second kappa shape index (κ2) is 10.4. The molecule has 1 amide bonds. The summed E-state index contributed by atoms with van der Waals surface area (Å²) in [7, 11) is 4.62. The zero-order valence-corrected chi connectivity index (χ0v) is 20.1. The molecule has 9 heteroatoms. The van der Waals surface area contributed by atoms with Crippen LogP contribution in [0.3, 0.4) is 0 Å². The number of methoxy groups -OCH3 is 3. The molecule has 0 unspecified atom stereocenters. The van der Waals surface area contributed by atoms with Gasteiger partial charge in [-0.05, 0) is 72.1 Å². The summed E-state index contributed by atoms with van der Waals surface area (Å²) in [5.41, 5.74) is 0.822. The number of nitrogens with zero attached hydrogens (tertiary/aromatic N) is 1. The molecule has 0 fully saturated rings. The summed E-state index contributed by atoms with van der Waals surface area (Å²) < 4.78 is 61.9. The highest BCUT2D eigenvalue weighted by atomic mass is 19.4. The minimum atomic E-state index is -4.55. The topological polar surface area (TPSA) is 57.2 Å². The minimum absolute atomic E-state index is 0.0387. The van der Waals surface area contributed by atoms with E-state index < -0.39 is 23.7 Å². The predicted molar refractivity (Wildman–Crippen MR) is 127 cm³/mol. The van der Waals surface area contributed by atoms with E-state index in [1.807, 2.05) is 6.07 Å². The van der Waals surface area contributed by atoms with Crippen molar-refractivity contribution in [1.82, 2.24) is 4.90 Å². The number of benzene rings is 3. The number of rotatable bonds is 7. The third kappa shape index (κ3) is 5.19. The van der Waals surface area contributed by atoms with Crippen LogP contribution < -0.4 is 18.9 Å².